The molecule has 1 fully saturated rings. The number of hydrogen-bond acceptors (Lipinski definition) is 3. The average Bonchev–Trinajstić information content (AvgIpc) is 3.42. The Hall–Kier alpha value is -1.85. The molecule has 4 nitrogen and oxygen atoms in total. The minimum Gasteiger partial charge on any atom is -0.494 e. The van der Waals surface area contributed by atoms with Crippen LogP contribution in [0.15, 0.2) is 48.5 Å². The fourth-order valence-corrected chi connectivity index (χ4v) is 4.49. The second-order valence-corrected chi connectivity index (χ2v) is 8.61. The van der Waals surface area contributed by atoms with Crippen LogP contribution in [0.5, 0.6) is 5.75 Å². The molecule has 1 saturated carbocycles. The van der Waals surface area contributed by atoms with Crippen LogP contribution in [0.3, 0.4) is 0 Å². The van der Waals surface area contributed by atoms with Gasteiger partial charge in [0.05, 0.1) is 11.9 Å². The Morgan fingerprint density at radius 2 is 1.60 bits per heavy atom. The molecule has 0 aliphatic heterocycles. The molecule has 1 aliphatic carbocycles. The van der Waals surface area contributed by atoms with E-state index in [1.54, 1.807) is 0 Å². The van der Waals surface area contributed by atoms with Gasteiger partial charge in [-0.25, -0.2) is 13.1 Å². The van der Waals surface area contributed by atoms with Crippen molar-refractivity contribution in [2.24, 2.45) is 0 Å². The maximum Gasteiger partial charge on any atom is 0.214 e. The van der Waals surface area contributed by atoms with E-state index in [0.717, 1.165) is 35.3 Å². The number of nitrogens with one attached hydrogen (secondary N) is 1. The van der Waals surface area contributed by atoms with Crippen molar-refractivity contribution in [1.82, 2.24) is 4.72 Å². The maximum atomic E-state index is 12.0. The summed E-state index contributed by atoms with van der Waals surface area (Å²) in [5.74, 6) is 0.875. The molecule has 1 aliphatic rings. The monoisotopic (exact) mass is 359 g/mol. The lowest BCUT2D eigenvalue weighted by molar-refractivity contribution is 0.340. The summed E-state index contributed by atoms with van der Waals surface area (Å²) >= 11 is 0. The van der Waals surface area contributed by atoms with Crippen LogP contribution in [-0.2, 0) is 16.4 Å². The number of rotatable bonds is 8. The summed E-state index contributed by atoms with van der Waals surface area (Å²) < 4.78 is 32.2. The zero-order valence-electron chi connectivity index (χ0n) is 14.7. The molecule has 0 aromatic heterocycles. The molecule has 2 aromatic rings. The molecule has 0 bridgehead atoms. The lowest BCUT2D eigenvalue weighted by Gasteiger charge is -2.14. The van der Waals surface area contributed by atoms with Crippen molar-refractivity contribution in [2.75, 3.05) is 6.61 Å². The van der Waals surface area contributed by atoms with E-state index < -0.39 is 10.0 Å². The van der Waals surface area contributed by atoms with Gasteiger partial charge in [0.2, 0.25) is 10.0 Å². The Labute approximate surface area is 150 Å². The van der Waals surface area contributed by atoms with Gasteiger partial charge in [0.25, 0.3) is 0 Å². The minimum atomic E-state index is -3.13. The van der Waals surface area contributed by atoms with Gasteiger partial charge in [-0.1, -0.05) is 36.4 Å². The Morgan fingerprint density at radius 3 is 2.12 bits per heavy atom. The SMILES string of the molecule is CCOc1ccc(-c2ccc(CC(C)NS(=O)(=O)C3CC3)cc2)cc1. The van der Waals surface area contributed by atoms with Gasteiger partial charge in [-0.05, 0) is 61.9 Å². The van der Waals surface area contributed by atoms with Crippen LogP contribution in [0.2, 0.25) is 0 Å². The van der Waals surface area contributed by atoms with Gasteiger partial charge in [-0.15, -0.1) is 0 Å². The van der Waals surface area contributed by atoms with Crippen LogP contribution < -0.4 is 9.46 Å². The van der Waals surface area contributed by atoms with Gasteiger partial charge < -0.3 is 4.74 Å². The second kappa shape index (κ2) is 7.58. The molecule has 0 heterocycles. The first-order valence-corrected chi connectivity index (χ1v) is 10.4. The number of ether oxygens (including phenoxy) is 1. The zero-order valence-corrected chi connectivity index (χ0v) is 15.6. The molecule has 1 N–H and O–H groups in total. The van der Waals surface area contributed by atoms with Gasteiger partial charge in [0.1, 0.15) is 5.75 Å². The number of benzene rings is 2. The number of hydrogen-bond donors (Lipinski definition) is 1. The first-order chi connectivity index (χ1) is 12.0. The fourth-order valence-electron chi connectivity index (χ4n) is 2.89. The normalized spacial score (nSPS) is 15.8. The van der Waals surface area contributed by atoms with Crippen molar-refractivity contribution in [3.05, 3.63) is 54.1 Å². The topological polar surface area (TPSA) is 55.4 Å². The molecule has 3 rings (SSSR count). The second-order valence-electron chi connectivity index (χ2n) is 6.62. The Kier molecular flexibility index (Phi) is 5.45. The smallest absolute Gasteiger partial charge is 0.214 e. The molecule has 5 heteroatoms. The molecule has 0 radical (unpaired) electrons. The highest BCUT2D eigenvalue weighted by Crippen LogP contribution is 2.28. The van der Waals surface area contributed by atoms with Crippen molar-refractivity contribution >= 4 is 10.0 Å². The van der Waals surface area contributed by atoms with Crippen molar-refractivity contribution in [3.63, 3.8) is 0 Å². The van der Waals surface area contributed by atoms with E-state index in [0.29, 0.717) is 13.0 Å². The Bertz CT molecular complexity index is 794. The van der Waals surface area contributed by atoms with E-state index in [1.165, 1.54) is 0 Å². The molecule has 0 amide bonds. The van der Waals surface area contributed by atoms with E-state index in [1.807, 2.05) is 38.1 Å². The lowest BCUT2D eigenvalue weighted by atomic mass is 10.0. The molecule has 1 unspecified atom stereocenters. The minimum absolute atomic E-state index is 0.0954. The quantitative estimate of drug-likeness (QED) is 0.781. The number of sulfonamides is 1. The van der Waals surface area contributed by atoms with Gasteiger partial charge in [-0.3, -0.25) is 0 Å². The average molecular weight is 359 g/mol. The van der Waals surface area contributed by atoms with Crippen LogP contribution in [-0.4, -0.2) is 26.3 Å². The molecule has 25 heavy (non-hydrogen) atoms. The standard InChI is InChI=1S/C20H25NO3S/c1-3-24-19-10-8-18(9-11-19)17-6-4-16(5-7-17)14-15(2)21-25(22,23)20-12-13-20/h4-11,15,20-21H,3,12-14H2,1-2H3. The summed E-state index contributed by atoms with van der Waals surface area (Å²) in [6.07, 6.45) is 2.27. The lowest BCUT2D eigenvalue weighted by Crippen LogP contribution is -2.36. The van der Waals surface area contributed by atoms with E-state index in [-0.39, 0.29) is 11.3 Å². The molecular weight excluding hydrogens is 334 g/mol. The molecule has 1 atom stereocenters. The van der Waals surface area contributed by atoms with Crippen LogP contribution in [0.25, 0.3) is 11.1 Å². The van der Waals surface area contributed by atoms with Gasteiger partial charge in [-0.2, -0.15) is 0 Å². The highest BCUT2D eigenvalue weighted by Gasteiger charge is 2.36. The predicted octanol–water partition coefficient (Wildman–Crippen LogP) is 3.77. The Balaban J connectivity index is 1.61. The maximum absolute atomic E-state index is 12.0. The summed E-state index contributed by atoms with van der Waals surface area (Å²) in [5.41, 5.74) is 3.40. The molecule has 134 valence electrons. The van der Waals surface area contributed by atoms with Crippen molar-refractivity contribution in [3.8, 4) is 16.9 Å². The summed E-state index contributed by atoms with van der Waals surface area (Å²) in [5, 5.41) is -0.169. The van der Waals surface area contributed by atoms with Gasteiger partial charge in [0.15, 0.2) is 0 Å². The van der Waals surface area contributed by atoms with E-state index in [2.05, 4.69) is 29.0 Å². The fraction of sp³-hybridized carbons (Fsp3) is 0.400. The van der Waals surface area contributed by atoms with Crippen LogP contribution in [0.4, 0.5) is 0 Å². The summed E-state index contributed by atoms with van der Waals surface area (Å²) in [6, 6.07) is 16.2. The first kappa shape index (κ1) is 18.0. The summed E-state index contributed by atoms with van der Waals surface area (Å²) in [6.45, 7) is 4.55. The summed E-state index contributed by atoms with van der Waals surface area (Å²) in [7, 11) is -3.13. The molecule has 0 saturated heterocycles. The molecule has 0 spiro atoms. The van der Waals surface area contributed by atoms with Crippen LogP contribution in [0.1, 0.15) is 32.3 Å². The van der Waals surface area contributed by atoms with E-state index >= 15 is 0 Å². The van der Waals surface area contributed by atoms with Crippen LogP contribution in [0, 0.1) is 0 Å². The predicted molar refractivity (Wildman–Crippen MR) is 101 cm³/mol. The third kappa shape index (κ3) is 4.83. The van der Waals surface area contributed by atoms with Crippen LogP contribution >= 0.6 is 0 Å². The molecular formula is C20H25NO3S. The van der Waals surface area contributed by atoms with E-state index in [4.69, 9.17) is 4.74 Å². The van der Waals surface area contributed by atoms with Gasteiger partial charge in [0, 0.05) is 6.04 Å². The first-order valence-electron chi connectivity index (χ1n) is 8.81. The van der Waals surface area contributed by atoms with Crippen molar-refractivity contribution < 1.29 is 13.2 Å². The van der Waals surface area contributed by atoms with Crippen molar-refractivity contribution in [2.45, 2.75) is 44.4 Å². The highest BCUT2D eigenvalue weighted by molar-refractivity contribution is 7.90. The largest absolute Gasteiger partial charge is 0.494 e. The molecule has 2 aromatic carbocycles. The third-order valence-corrected chi connectivity index (χ3v) is 6.40. The highest BCUT2D eigenvalue weighted by atomic mass is 32.2. The van der Waals surface area contributed by atoms with E-state index in [9.17, 15) is 8.42 Å². The summed E-state index contributed by atoms with van der Waals surface area (Å²) in [4.78, 5) is 0. The zero-order chi connectivity index (χ0) is 17.9. The van der Waals surface area contributed by atoms with Gasteiger partial charge >= 0.3 is 0 Å². The third-order valence-electron chi connectivity index (χ3n) is 4.32. The van der Waals surface area contributed by atoms with Crippen molar-refractivity contribution in [1.29, 1.82) is 0 Å². The Morgan fingerprint density at radius 1 is 1.04 bits per heavy atom.